The van der Waals surface area contributed by atoms with Crippen LogP contribution in [0.4, 0.5) is 8.78 Å². The molecule has 0 spiro atoms. The quantitative estimate of drug-likeness (QED) is 0.804. The van der Waals surface area contributed by atoms with Crippen molar-refractivity contribution >= 4 is 0 Å². The van der Waals surface area contributed by atoms with Crippen molar-refractivity contribution in [1.29, 1.82) is 0 Å². The van der Waals surface area contributed by atoms with Gasteiger partial charge < -0.3 is 19.5 Å². The van der Waals surface area contributed by atoms with Crippen molar-refractivity contribution in [2.75, 3.05) is 33.9 Å². The van der Waals surface area contributed by atoms with Crippen LogP contribution in [0.25, 0.3) is 0 Å². The maximum absolute atomic E-state index is 13.7. The van der Waals surface area contributed by atoms with Gasteiger partial charge in [-0.3, -0.25) is 0 Å². The molecule has 0 fully saturated rings. The van der Waals surface area contributed by atoms with Crippen LogP contribution >= 0.6 is 0 Å². The van der Waals surface area contributed by atoms with E-state index in [0.717, 1.165) is 12.1 Å². The molecule has 2 aromatic carbocycles. The van der Waals surface area contributed by atoms with Gasteiger partial charge in [0.2, 0.25) is 0 Å². The van der Waals surface area contributed by atoms with Crippen LogP contribution in [0.3, 0.4) is 0 Å². The van der Waals surface area contributed by atoms with E-state index in [1.165, 1.54) is 6.07 Å². The van der Waals surface area contributed by atoms with Crippen molar-refractivity contribution in [3.05, 3.63) is 59.7 Å². The van der Waals surface area contributed by atoms with Crippen LogP contribution in [0.5, 0.6) is 11.5 Å². The molecular weight excluding hydrogens is 316 g/mol. The highest BCUT2D eigenvalue weighted by molar-refractivity contribution is 5.39. The Morgan fingerprint density at radius 1 is 1.04 bits per heavy atom. The number of nitrogens with zero attached hydrogens (tertiary/aromatic N) is 1. The van der Waals surface area contributed by atoms with Gasteiger partial charge in [0, 0.05) is 13.1 Å². The van der Waals surface area contributed by atoms with E-state index in [1.807, 2.05) is 12.1 Å². The van der Waals surface area contributed by atoms with E-state index in [2.05, 4.69) is 0 Å². The number of aliphatic hydroxyl groups is 1. The van der Waals surface area contributed by atoms with Gasteiger partial charge in [-0.1, -0.05) is 18.2 Å². The van der Waals surface area contributed by atoms with Crippen molar-refractivity contribution in [3.8, 4) is 11.5 Å². The summed E-state index contributed by atoms with van der Waals surface area (Å²) in [5, 5.41) is 10.1. The van der Waals surface area contributed by atoms with E-state index < -0.39 is 17.7 Å². The van der Waals surface area contributed by atoms with E-state index in [0.29, 0.717) is 24.7 Å². The van der Waals surface area contributed by atoms with Gasteiger partial charge in [-0.2, -0.15) is 0 Å². The number of likely N-dealkylation sites (N-methyl/N-ethyl adjacent to an activating group) is 1. The topological polar surface area (TPSA) is 41.9 Å². The zero-order valence-electron chi connectivity index (χ0n) is 13.7. The first-order chi connectivity index (χ1) is 11.5. The van der Waals surface area contributed by atoms with E-state index >= 15 is 0 Å². The summed E-state index contributed by atoms with van der Waals surface area (Å²) in [6, 6.07) is 10.8. The lowest BCUT2D eigenvalue weighted by Crippen LogP contribution is -2.29. The summed E-state index contributed by atoms with van der Waals surface area (Å²) in [6.45, 7) is 0.918. The van der Waals surface area contributed by atoms with E-state index in [9.17, 15) is 13.9 Å². The SMILES string of the molecule is COc1ccccc1OCCN(C)CC(O)c1c(F)cccc1F. The first kappa shape index (κ1) is 18.2. The van der Waals surface area contributed by atoms with Crippen LogP contribution in [0.1, 0.15) is 11.7 Å². The van der Waals surface area contributed by atoms with Crippen LogP contribution in [0, 0.1) is 11.6 Å². The zero-order chi connectivity index (χ0) is 17.5. The van der Waals surface area contributed by atoms with Crippen molar-refractivity contribution in [2.45, 2.75) is 6.10 Å². The van der Waals surface area contributed by atoms with Crippen LogP contribution in [-0.4, -0.2) is 43.9 Å². The third-order valence-electron chi connectivity index (χ3n) is 3.62. The van der Waals surface area contributed by atoms with Crippen molar-refractivity contribution in [2.24, 2.45) is 0 Å². The van der Waals surface area contributed by atoms with Crippen LogP contribution in [0.15, 0.2) is 42.5 Å². The Labute approximate surface area is 140 Å². The zero-order valence-corrected chi connectivity index (χ0v) is 13.7. The Morgan fingerprint density at radius 2 is 1.67 bits per heavy atom. The van der Waals surface area contributed by atoms with Gasteiger partial charge in [0.15, 0.2) is 11.5 Å². The molecule has 1 N–H and O–H groups in total. The molecule has 2 rings (SSSR count). The Kier molecular flexibility index (Phi) is 6.52. The molecule has 0 aliphatic rings. The number of halogens is 2. The number of methoxy groups -OCH3 is 1. The van der Waals surface area contributed by atoms with E-state index in [4.69, 9.17) is 9.47 Å². The Bertz CT molecular complexity index is 646. The Hall–Kier alpha value is -2.18. The second-order valence-corrected chi connectivity index (χ2v) is 5.41. The van der Waals surface area contributed by atoms with E-state index in [-0.39, 0.29) is 12.1 Å². The molecule has 0 saturated heterocycles. The monoisotopic (exact) mass is 337 g/mol. The highest BCUT2D eigenvalue weighted by Gasteiger charge is 2.19. The molecule has 2 aromatic rings. The van der Waals surface area contributed by atoms with Gasteiger partial charge in [0.05, 0.1) is 18.8 Å². The molecule has 130 valence electrons. The molecule has 0 bridgehead atoms. The summed E-state index contributed by atoms with van der Waals surface area (Å²) >= 11 is 0. The highest BCUT2D eigenvalue weighted by Crippen LogP contribution is 2.25. The largest absolute Gasteiger partial charge is 0.493 e. The molecule has 0 aliphatic heterocycles. The Balaban J connectivity index is 1.86. The van der Waals surface area contributed by atoms with E-state index in [1.54, 1.807) is 31.2 Å². The van der Waals surface area contributed by atoms with Gasteiger partial charge >= 0.3 is 0 Å². The minimum Gasteiger partial charge on any atom is -0.493 e. The van der Waals surface area contributed by atoms with Crippen LogP contribution in [-0.2, 0) is 0 Å². The minimum atomic E-state index is -1.25. The number of aliphatic hydroxyl groups excluding tert-OH is 1. The second kappa shape index (κ2) is 8.61. The Morgan fingerprint density at radius 3 is 2.29 bits per heavy atom. The molecule has 1 unspecified atom stereocenters. The lowest BCUT2D eigenvalue weighted by atomic mass is 10.1. The van der Waals surface area contributed by atoms with Crippen LogP contribution < -0.4 is 9.47 Å². The first-order valence-corrected chi connectivity index (χ1v) is 7.59. The van der Waals surface area contributed by atoms with Gasteiger partial charge in [0.1, 0.15) is 18.2 Å². The lowest BCUT2D eigenvalue weighted by Gasteiger charge is -2.21. The molecule has 0 amide bonds. The number of hydrogen-bond donors (Lipinski definition) is 1. The molecule has 24 heavy (non-hydrogen) atoms. The second-order valence-electron chi connectivity index (χ2n) is 5.41. The summed E-state index contributed by atoms with van der Waals surface area (Å²) in [4.78, 5) is 1.74. The molecule has 0 aromatic heterocycles. The molecular formula is C18H21F2NO3. The average Bonchev–Trinajstić information content (AvgIpc) is 2.55. The fraction of sp³-hybridized carbons (Fsp3) is 0.333. The molecule has 0 saturated carbocycles. The summed E-state index contributed by atoms with van der Waals surface area (Å²) in [7, 11) is 3.31. The highest BCUT2D eigenvalue weighted by atomic mass is 19.1. The van der Waals surface area contributed by atoms with Crippen LogP contribution in [0.2, 0.25) is 0 Å². The lowest BCUT2D eigenvalue weighted by molar-refractivity contribution is 0.111. The molecule has 1 atom stereocenters. The molecule has 4 nitrogen and oxygen atoms in total. The smallest absolute Gasteiger partial charge is 0.161 e. The third kappa shape index (κ3) is 4.66. The number of rotatable bonds is 8. The summed E-state index contributed by atoms with van der Waals surface area (Å²) in [5.41, 5.74) is -0.310. The summed E-state index contributed by atoms with van der Waals surface area (Å²) in [5.74, 6) is -0.245. The van der Waals surface area contributed by atoms with Crippen molar-refractivity contribution < 1.29 is 23.4 Å². The predicted molar refractivity (Wildman–Crippen MR) is 87.3 cm³/mol. The normalized spacial score (nSPS) is 12.2. The third-order valence-corrected chi connectivity index (χ3v) is 3.62. The standard InChI is InChI=1S/C18H21F2NO3/c1-21(10-11-24-17-9-4-3-8-16(17)23-2)12-15(22)18-13(19)6-5-7-14(18)20/h3-9,15,22H,10-12H2,1-2H3. The maximum atomic E-state index is 13.7. The average molecular weight is 337 g/mol. The molecule has 0 heterocycles. The first-order valence-electron chi connectivity index (χ1n) is 7.59. The fourth-order valence-electron chi connectivity index (χ4n) is 2.36. The number of ether oxygens (including phenoxy) is 2. The predicted octanol–water partition coefficient (Wildman–Crippen LogP) is 3.02. The van der Waals surface area contributed by atoms with Crippen molar-refractivity contribution in [3.63, 3.8) is 0 Å². The maximum Gasteiger partial charge on any atom is 0.161 e. The fourth-order valence-corrected chi connectivity index (χ4v) is 2.36. The number of hydrogen-bond acceptors (Lipinski definition) is 4. The summed E-state index contributed by atoms with van der Waals surface area (Å²) < 4.78 is 38.1. The summed E-state index contributed by atoms with van der Waals surface area (Å²) in [6.07, 6.45) is -1.25. The van der Waals surface area contributed by atoms with Gasteiger partial charge in [-0.25, -0.2) is 8.78 Å². The molecule has 0 aliphatic carbocycles. The van der Waals surface area contributed by atoms with Crippen molar-refractivity contribution in [1.82, 2.24) is 4.90 Å². The number of para-hydroxylation sites is 2. The number of benzene rings is 2. The molecule has 6 heteroatoms. The van der Waals surface area contributed by atoms with Gasteiger partial charge in [-0.15, -0.1) is 0 Å². The minimum absolute atomic E-state index is 0.0904. The van der Waals surface area contributed by atoms with Gasteiger partial charge in [-0.05, 0) is 31.3 Å². The molecule has 0 radical (unpaired) electrons. The van der Waals surface area contributed by atoms with Gasteiger partial charge in [0.25, 0.3) is 0 Å².